The van der Waals surface area contributed by atoms with E-state index in [2.05, 4.69) is 38.1 Å². The molecule has 4 heteroatoms. The normalized spacial score (nSPS) is 12.1. The number of ether oxygens (including phenoxy) is 1. The van der Waals surface area contributed by atoms with Crippen molar-refractivity contribution in [1.29, 1.82) is 0 Å². The van der Waals surface area contributed by atoms with E-state index in [1.165, 1.54) is 11.3 Å². The Balaban J connectivity index is 2.48. The Bertz CT molecular complexity index is 325. The molecule has 4 nitrogen and oxygen atoms in total. The summed E-state index contributed by atoms with van der Waals surface area (Å²) >= 11 is 0. The number of nitrogens with zero attached hydrogens (tertiary/aromatic N) is 2. The fourth-order valence-electron chi connectivity index (χ4n) is 1.51. The molecule has 1 N–H and O–H groups in total. The molecule has 0 aliphatic heterocycles. The van der Waals surface area contributed by atoms with E-state index in [-0.39, 0.29) is 5.60 Å². The highest BCUT2D eigenvalue weighted by Crippen LogP contribution is 2.09. The number of hydrogen-bond donors (Lipinski definition) is 1. The maximum atomic E-state index is 5.68. The molecule has 0 aliphatic rings. The van der Waals surface area contributed by atoms with E-state index in [9.17, 15) is 0 Å². The molecule has 1 aromatic heterocycles. The Kier molecular flexibility index (Phi) is 4.50. The van der Waals surface area contributed by atoms with E-state index in [1.54, 1.807) is 0 Å². The molecule has 0 unspecified atom stereocenters. The summed E-state index contributed by atoms with van der Waals surface area (Å²) < 4.78 is 7.68. The number of hydrogen-bond acceptors (Lipinski definition) is 3. The lowest BCUT2D eigenvalue weighted by molar-refractivity contribution is -0.00809. The van der Waals surface area contributed by atoms with Gasteiger partial charge in [0, 0.05) is 17.8 Å². The van der Waals surface area contributed by atoms with Crippen LogP contribution >= 0.6 is 0 Å². The topological polar surface area (TPSA) is 39.1 Å². The van der Waals surface area contributed by atoms with Crippen molar-refractivity contribution in [3.63, 3.8) is 0 Å². The van der Waals surface area contributed by atoms with Crippen LogP contribution in [-0.2, 0) is 17.8 Å². The summed E-state index contributed by atoms with van der Waals surface area (Å²) in [5.74, 6) is 0. The van der Waals surface area contributed by atoms with Crippen molar-refractivity contribution in [3.05, 3.63) is 17.5 Å². The molecule has 16 heavy (non-hydrogen) atoms. The van der Waals surface area contributed by atoms with Crippen molar-refractivity contribution >= 4 is 0 Å². The molecule has 0 radical (unpaired) electrons. The van der Waals surface area contributed by atoms with Gasteiger partial charge in [-0.05, 0) is 34.7 Å². The summed E-state index contributed by atoms with van der Waals surface area (Å²) in [5.41, 5.74) is 2.39. The molecule has 1 aromatic rings. The predicted molar refractivity (Wildman–Crippen MR) is 65.4 cm³/mol. The van der Waals surface area contributed by atoms with Crippen LogP contribution in [0.5, 0.6) is 0 Å². The minimum atomic E-state index is -0.0745. The third kappa shape index (κ3) is 3.94. The third-order valence-electron chi connectivity index (χ3n) is 2.41. The van der Waals surface area contributed by atoms with Crippen molar-refractivity contribution in [2.24, 2.45) is 0 Å². The van der Waals surface area contributed by atoms with E-state index in [0.29, 0.717) is 6.61 Å². The molecule has 0 aromatic carbocycles. The van der Waals surface area contributed by atoms with E-state index in [0.717, 1.165) is 13.1 Å². The molecule has 0 atom stereocenters. The lowest BCUT2D eigenvalue weighted by Crippen LogP contribution is -2.22. The first-order chi connectivity index (χ1) is 7.44. The van der Waals surface area contributed by atoms with Gasteiger partial charge in [-0.3, -0.25) is 4.68 Å². The summed E-state index contributed by atoms with van der Waals surface area (Å²) in [4.78, 5) is 0. The van der Waals surface area contributed by atoms with Crippen molar-refractivity contribution < 1.29 is 4.74 Å². The lowest BCUT2D eigenvalue weighted by atomic mass is 10.2. The Hall–Kier alpha value is -0.870. The summed E-state index contributed by atoms with van der Waals surface area (Å²) in [6.07, 6.45) is 1.92. The Morgan fingerprint density at radius 1 is 1.44 bits per heavy atom. The van der Waals surface area contributed by atoms with Crippen LogP contribution in [0.25, 0.3) is 0 Å². The molecule has 0 amide bonds. The minimum absolute atomic E-state index is 0.0745. The van der Waals surface area contributed by atoms with Gasteiger partial charge in [0.25, 0.3) is 0 Å². The van der Waals surface area contributed by atoms with E-state index in [4.69, 9.17) is 4.74 Å². The third-order valence-corrected chi connectivity index (χ3v) is 2.41. The fourth-order valence-corrected chi connectivity index (χ4v) is 1.51. The highest BCUT2D eigenvalue weighted by atomic mass is 16.5. The molecule has 0 fully saturated rings. The van der Waals surface area contributed by atoms with Crippen molar-refractivity contribution in [1.82, 2.24) is 15.1 Å². The van der Waals surface area contributed by atoms with Gasteiger partial charge in [-0.2, -0.15) is 5.10 Å². The second-order valence-corrected chi connectivity index (χ2v) is 4.97. The molecule has 0 aliphatic carbocycles. The summed E-state index contributed by atoms with van der Waals surface area (Å²) in [7, 11) is 1.94. The molecular weight excluding hydrogens is 202 g/mol. The van der Waals surface area contributed by atoms with Gasteiger partial charge in [-0.25, -0.2) is 0 Å². The number of rotatable bonds is 5. The largest absolute Gasteiger partial charge is 0.374 e. The SMILES string of the molecule is CNCc1cnn(CCOC(C)(C)C)c1C. The van der Waals surface area contributed by atoms with Crippen LogP contribution in [0.2, 0.25) is 0 Å². The summed E-state index contributed by atoms with van der Waals surface area (Å²) in [5, 5.41) is 7.48. The van der Waals surface area contributed by atoms with Gasteiger partial charge in [0.15, 0.2) is 0 Å². The van der Waals surface area contributed by atoms with E-state index in [1.807, 2.05) is 17.9 Å². The highest BCUT2D eigenvalue weighted by molar-refractivity contribution is 5.15. The first kappa shape index (κ1) is 13.2. The second-order valence-electron chi connectivity index (χ2n) is 4.97. The Morgan fingerprint density at radius 3 is 2.69 bits per heavy atom. The maximum absolute atomic E-state index is 5.68. The first-order valence-corrected chi connectivity index (χ1v) is 5.74. The quantitative estimate of drug-likeness (QED) is 0.829. The van der Waals surface area contributed by atoms with Gasteiger partial charge < -0.3 is 10.1 Å². The van der Waals surface area contributed by atoms with Crippen LogP contribution in [0.3, 0.4) is 0 Å². The monoisotopic (exact) mass is 225 g/mol. The summed E-state index contributed by atoms with van der Waals surface area (Å²) in [6, 6.07) is 0. The molecule has 0 saturated heterocycles. The standard InChI is InChI=1S/C12H23N3O/c1-10-11(8-13-5)9-14-15(10)6-7-16-12(2,3)4/h9,13H,6-8H2,1-5H3. The molecule has 1 heterocycles. The highest BCUT2D eigenvalue weighted by Gasteiger charge is 2.10. The fraction of sp³-hybridized carbons (Fsp3) is 0.750. The minimum Gasteiger partial charge on any atom is -0.374 e. The maximum Gasteiger partial charge on any atom is 0.0669 e. The molecule has 0 saturated carbocycles. The van der Waals surface area contributed by atoms with Crippen LogP contribution in [0.1, 0.15) is 32.0 Å². The zero-order valence-corrected chi connectivity index (χ0v) is 11.0. The molecule has 0 bridgehead atoms. The van der Waals surface area contributed by atoms with E-state index < -0.39 is 0 Å². The average Bonchev–Trinajstić information content (AvgIpc) is 2.48. The van der Waals surface area contributed by atoms with Crippen LogP contribution < -0.4 is 5.32 Å². The smallest absolute Gasteiger partial charge is 0.0669 e. The molecular formula is C12H23N3O. The van der Waals surface area contributed by atoms with Gasteiger partial charge in [0.1, 0.15) is 0 Å². The number of aromatic nitrogens is 2. The molecule has 92 valence electrons. The van der Waals surface area contributed by atoms with Gasteiger partial charge in [-0.15, -0.1) is 0 Å². The van der Waals surface area contributed by atoms with Gasteiger partial charge in [-0.1, -0.05) is 0 Å². The Labute approximate surface area is 98.0 Å². The van der Waals surface area contributed by atoms with Crippen LogP contribution in [0, 0.1) is 6.92 Å². The first-order valence-electron chi connectivity index (χ1n) is 5.74. The van der Waals surface area contributed by atoms with Gasteiger partial charge in [0.2, 0.25) is 0 Å². The summed E-state index contributed by atoms with van der Waals surface area (Å²) in [6.45, 7) is 10.7. The zero-order chi connectivity index (χ0) is 12.2. The van der Waals surface area contributed by atoms with Gasteiger partial charge >= 0.3 is 0 Å². The van der Waals surface area contributed by atoms with Crippen molar-refractivity contribution in [2.45, 2.75) is 46.4 Å². The van der Waals surface area contributed by atoms with Crippen molar-refractivity contribution in [3.8, 4) is 0 Å². The predicted octanol–water partition coefficient (Wildman–Crippen LogP) is 1.73. The zero-order valence-electron chi connectivity index (χ0n) is 11.0. The molecule has 0 spiro atoms. The van der Waals surface area contributed by atoms with Crippen LogP contribution in [0.4, 0.5) is 0 Å². The second kappa shape index (κ2) is 5.46. The Morgan fingerprint density at radius 2 is 2.12 bits per heavy atom. The molecule has 1 rings (SSSR count). The van der Waals surface area contributed by atoms with Gasteiger partial charge in [0.05, 0.1) is 24.9 Å². The lowest BCUT2D eigenvalue weighted by Gasteiger charge is -2.19. The van der Waals surface area contributed by atoms with Crippen molar-refractivity contribution in [2.75, 3.05) is 13.7 Å². The van der Waals surface area contributed by atoms with Crippen LogP contribution in [0.15, 0.2) is 6.20 Å². The average molecular weight is 225 g/mol. The van der Waals surface area contributed by atoms with E-state index >= 15 is 0 Å². The number of nitrogens with one attached hydrogen (secondary N) is 1. The van der Waals surface area contributed by atoms with Crippen LogP contribution in [-0.4, -0.2) is 29.0 Å².